The number of halogens is 3. The van der Waals surface area contributed by atoms with Gasteiger partial charge in [0.1, 0.15) is 11.6 Å². The van der Waals surface area contributed by atoms with Crippen molar-refractivity contribution in [3.8, 4) is 0 Å². The van der Waals surface area contributed by atoms with E-state index in [-0.39, 0.29) is 15.1 Å². The Labute approximate surface area is 117 Å². The second-order valence-electron chi connectivity index (χ2n) is 3.69. The second-order valence-corrected chi connectivity index (χ2v) is 6.23. The van der Waals surface area contributed by atoms with E-state index >= 15 is 0 Å². The van der Waals surface area contributed by atoms with Crippen molar-refractivity contribution in [1.82, 2.24) is 0 Å². The first-order valence-corrected chi connectivity index (χ1v) is 7.39. The lowest BCUT2D eigenvalue weighted by Gasteiger charge is -2.08. The SMILES string of the molecule is O=S(=O)(Nc1ccc(Br)c(F)c1)c1ccc(F)cc1. The van der Waals surface area contributed by atoms with Crippen LogP contribution < -0.4 is 4.72 Å². The Hall–Kier alpha value is -1.47. The average molecular weight is 348 g/mol. The predicted molar refractivity (Wildman–Crippen MR) is 71.3 cm³/mol. The highest BCUT2D eigenvalue weighted by Crippen LogP contribution is 2.22. The Kier molecular flexibility index (Phi) is 3.86. The van der Waals surface area contributed by atoms with Crippen LogP contribution in [0.4, 0.5) is 14.5 Å². The number of hydrogen-bond donors (Lipinski definition) is 1. The van der Waals surface area contributed by atoms with Gasteiger partial charge in [0.25, 0.3) is 10.0 Å². The number of sulfonamides is 1. The molecule has 0 radical (unpaired) electrons. The summed E-state index contributed by atoms with van der Waals surface area (Å²) in [5, 5.41) is 0. The van der Waals surface area contributed by atoms with Gasteiger partial charge in [0.15, 0.2) is 0 Å². The number of rotatable bonds is 3. The summed E-state index contributed by atoms with van der Waals surface area (Å²) >= 11 is 2.97. The smallest absolute Gasteiger partial charge is 0.261 e. The summed E-state index contributed by atoms with van der Waals surface area (Å²) in [5.41, 5.74) is 0.0880. The molecular formula is C12H8BrF2NO2S. The van der Waals surface area contributed by atoms with E-state index < -0.39 is 21.7 Å². The number of anilines is 1. The lowest BCUT2D eigenvalue weighted by molar-refractivity contribution is 0.599. The normalized spacial score (nSPS) is 11.3. The van der Waals surface area contributed by atoms with Crippen molar-refractivity contribution in [2.75, 3.05) is 4.72 Å². The van der Waals surface area contributed by atoms with Crippen molar-refractivity contribution in [1.29, 1.82) is 0 Å². The molecule has 2 aromatic carbocycles. The highest BCUT2D eigenvalue weighted by molar-refractivity contribution is 9.10. The number of benzene rings is 2. The van der Waals surface area contributed by atoms with Gasteiger partial charge in [-0.05, 0) is 58.4 Å². The van der Waals surface area contributed by atoms with Gasteiger partial charge in [-0.15, -0.1) is 0 Å². The molecule has 19 heavy (non-hydrogen) atoms. The molecule has 2 aromatic rings. The quantitative estimate of drug-likeness (QED) is 0.923. The van der Waals surface area contributed by atoms with Gasteiger partial charge in [-0.2, -0.15) is 0 Å². The Bertz CT molecular complexity index is 702. The van der Waals surface area contributed by atoms with Gasteiger partial charge in [0.2, 0.25) is 0 Å². The van der Waals surface area contributed by atoms with Gasteiger partial charge in [0, 0.05) is 0 Å². The summed E-state index contributed by atoms with van der Waals surface area (Å²) in [7, 11) is -3.86. The van der Waals surface area contributed by atoms with E-state index in [1.54, 1.807) is 0 Å². The summed E-state index contributed by atoms with van der Waals surface area (Å²) in [4.78, 5) is -0.0998. The van der Waals surface area contributed by atoms with E-state index in [0.29, 0.717) is 0 Å². The van der Waals surface area contributed by atoms with E-state index in [4.69, 9.17) is 0 Å². The first kappa shape index (κ1) is 14.0. The van der Waals surface area contributed by atoms with Crippen LogP contribution in [-0.4, -0.2) is 8.42 Å². The lowest BCUT2D eigenvalue weighted by Crippen LogP contribution is -2.13. The topological polar surface area (TPSA) is 46.2 Å². The summed E-state index contributed by atoms with van der Waals surface area (Å²) in [6.07, 6.45) is 0. The first-order valence-electron chi connectivity index (χ1n) is 5.12. The molecule has 0 aliphatic heterocycles. The molecule has 0 aliphatic carbocycles. The van der Waals surface area contributed by atoms with Gasteiger partial charge in [-0.3, -0.25) is 4.72 Å². The fraction of sp³-hybridized carbons (Fsp3) is 0. The molecule has 2 rings (SSSR count). The van der Waals surface area contributed by atoms with E-state index in [1.165, 1.54) is 12.1 Å². The van der Waals surface area contributed by atoms with E-state index in [2.05, 4.69) is 20.7 Å². The minimum Gasteiger partial charge on any atom is -0.280 e. The van der Waals surface area contributed by atoms with Crippen LogP contribution in [-0.2, 0) is 10.0 Å². The molecule has 1 N–H and O–H groups in total. The maximum atomic E-state index is 13.3. The standard InChI is InChI=1S/C12H8BrF2NO2S/c13-11-6-3-9(7-12(11)15)16-19(17,18)10-4-1-8(14)2-5-10/h1-7,16H. The van der Waals surface area contributed by atoms with E-state index in [0.717, 1.165) is 30.3 Å². The van der Waals surface area contributed by atoms with Crippen molar-refractivity contribution in [3.05, 3.63) is 58.6 Å². The molecule has 7 heteroatoms. The van der Waals surface area contributed by atoms with Crippen molar-refractivity contribution < 1.29 is 17.2 Å². The molecule has 0 saturated heterocycles. The molecule has 0 bridgehead atoms. The molecule has 0 unspecified atom stereocenters. The Morgan fingerprint density at radius 3 is 2.21 bits per heavy atom. The van der Waals surface area contributed by atoms with Crippen LogP contribution in [0.5, 0.6) is 0 Å². The molecule has 0 atom stereocenters. The van der Waals surface area contributed by atoms with Gasteiger partial charge < -0.3 is 0 Å². The Balaban J connectivity index is 2.30. The van der Waals surface area contributed by atoms with Crippen molar-refractivity contribution >= 4 is 31.6 Å². The van der Waals surface area contributed by atoms with Crippen LogP contribution >= 0.6 is 15.9 Å². The van der Waals surface area contributed by atoms with Crippen LogP contribution in [0.1, 0.15) is 0 Å². The van der Waals surface area contributed by atoms with Crippen LogP contribution in [0.3, 0.4) is 0 Å². The predicted octanol–water partition coefficient (Wildman–Crippen LogP) is 3.53. The van der Waals surface area contributed by atoms with Crippen molar-refractivity contribution in [3.63, 3.8) is 0 Å². The summed E-state index contributed by atoms with van der Waals surface area (Å²) in [5.74, 6) is -1.12. The molecule has 0 aromatic heterocycles. The van der Waals surface area contributed by atoms with Gasteiger partial charge >= 0.3 is 0 Å². The third kappa shape index (κ3) is 3.30. The third-order valence-electron chi connectivity index (χ3n) is 2.30. The van der Waals surface area contributed by atoms with Crippen LogP contribution in [0.15, 0.2) is 51.8 Å². The van der Waals surface area contributed by atoms with Gasteiger partial charge in [-0.25, -0.2) is 17.2 Å². The zero-order chi connectivity index (χ0) is 14.0. The molecule has 0 aliphatic rings. The molecule has 0 heterocycles. The summed E-state index contributed by atoms with van der Waals surface area (Å²) < 4.78 is 52.3. The van der Waals surface area contributed by atoms with Crippen LogP contribution in [0, 0.1) is 11.6 Å². The maximum absolute atomic E-state index is 13.3. The summed E-state index contributed by atoms with van der Waals surface area (Å²) in [6, 6.07) is 8.18. The van der Waals surface area contributed by atoms with Gasteiger partial charge in [-0.1, -0.05) is 0 Å². The largest absolute Gasteiger partial charge is 0.280 e. The third-order valence-corrected chi connectivity index (χ3v) is 4.34. The highest BCUT2D eigenvalue weighted by Gasteiger charge is 2.14. The number of hydrogen-bond acceptors (Lipinski definition) is 2. The zero-order valence-electron chi connectivity index (χ0n) is 9.40. The average Bonchev–Trinajstić information content (AvgIpc) is 2.34. The van der Waals surface area contributed by atoms with Crippen LogP contribution in [0.25, 0.3) is 0 Å². The monoisotopic (exact) mass is 347 g/mol. The Morgan fingerprint density at radius 2 is 1.63 bits per heavy atom. The fourth-order valence-corrected chi connectivity index (χ4v) is 2.68. The molecule has 0 spiro atoms. The maximum Gasteiger partial charge on any atom is 0.261 e. The highest BCUT2D eigenvalue weighted by atomic mass is 79.9. The first-order chi connectivity index (χ1) is 8.88. The zero-order valence-corrected chi connectivity index (χ0v) is 11.8. The Morgan fingerprint density at radius 1 is 1.00 bits per heavy atom. The molecule has 100 valence electrons. The molecule has 0 amide bonds. The lowest BCUT2D eigenvalue weighted by atomic mass is 10.3. The molecular weight excluding hydrogens is 340 g/mol. The number of nitrogens with one attached hydrogen (secondary N) is 1. The van der Waals surface area contributed by atoms with Crippen LogP contribution in [0.2, 0.25) is 0 Å². The molecule has 0 fully saturated rings. The van der Waals surface area contributed by atoms with Crippen molar-refractivity contribution in [2.45, 2.75) is 4.90 Å². The minimum atomic E-state index is -3.86. The summed E-state index contributed by atoms with van der Waals surface area (Å²) in [6.45, 7) is 0. The second kappa shape index (κ2) is 5.26. The molecule has 3 nitrogen and oxygen atoms in total. The fourth-order valence-electron chi connectivity index (χ4n) is 1.39. The van der Waals surface area contributed by atoms with E-state index in [9.17, 15) is 17.2 Å². The minimum absolute atomic E-state index is 0.0880. The van der Waals surface area contributed by atoms with Gasteiger partial charge in [0.05, 0.1) is 15.1 Å². The van der Waals surface area contributed by atoms with E-state index in [1.807, 2.05) is 0 Å². The van der Waals surface area contributed by atoms with Crippen molar-refractivity contribution in [2.24, 2.45) is 0 Å². The molecule has 0 saturated carbocycles.